The molecule has 1 unspecified atom stereocenters. The Bertz CT molecular complexity index is 343. The van der Waals surface area contributed by atoms with Gasteiger partial charge in [0.1, 0.15) is 11.6 Å². The van der Waals surface area contributed by atoms with Gasteiger partial charge in [-0.15, -0.1) is 0 Å². The molecule has 2 N–H and O–H groups in total. The van der Waals surface area contributed by atoms with Gasteiger partial charge >= 0.3 is 0 Å². The van der Waals surface area contributed by atoms with Crippen LogP contribution in [0.2, 0.25) is 0 Å². The van der Waals surface area contributed by atoms with Crippen molar-refractivity contribution in [2.24, 2.45) is 11.7 Å². The first-order valence-corrected chi connectivity index (χ1v) is 5.61. The summed E-state index contributed by atoms with van der Waals surface area (Å²) in [6, 6.07) is 3.58. The number of halogens is 2. The Morgan fingerprint density at radius 2 is 1.69 bits per heavy atom. The van der Waals surface area contributed by atoms with Crippen molar-refractivity contribution < 1.29 is 8.78 Å². The molecule has 0 heterocycles. The van der Waals surface area contributed by atoms with E-state index in [0.717, 1.165) is 12.5 Å². The lowest BCUT2D eigenvalue weighted by molar-refractivity contribution is 0.295. The Labute approximate surface area is 95.7 Å². The molecule has 0 fully saturated rings. The third-order valence-electron chi connectivity index (χ3n) is 3.26. The van der Waals surface area contributed by atoms with Crippen molar-refractivity contribution in [2.45, 2.75) is 39.2 Å². The average molecular weight is 227 g/mol. The number of benzene rings is 1. The maximum absolute atomic E-state index is 13.0. The Morgan fingerprint density at radius 3 is 2.06 bits per heavy atom. The maximum Gasteiger partial charge on any atom is 0.126 e. The Morgan fingerprint density at radius 1 is 1.19 bits per heavy atom. The van der Waals surface area contributed by atoms with E-state index in [4.69, 9.17) is 5.73 Å². The van der Waals surface area contributed by atoms with Gasteiger partial charge in [0.25, 0.3) is 0 Å². The van der Waals surface area contributed by atoms with Crippen molar-refractivity contribution in [1.82, 2.24) is 0 Å². The van der Waals surface area contributed by atoms with Crippen molar-refractivity contribution in [1.29, 1.82) is 0 Å². The predicted octanol–water partition coefficient (Wildman–Crippen LogP) is 3.27. The molecule has 1 rings (SSSR count). The van der Waals surface area contributed by atoms with Gasteiger partial charge < -0.3 is 5.73 Å². The van der Waals surface area contributed by atoms with E-state index in [2.05, 4.69) is 0 Å². The fourth-order valence-electron chi connectivity index (χ4n) is 1.83. The maximum atomic E-state index is 13.0. The van der Waals surface area contributed by atoms with Crippen molar-refractivity contribution in [3.63, 3.8) is 0 Å². The van der Waals surface area contributed by atoms with Crippen LogP contribution in [0.3, 0.4) is 0 Å². The van der Waals surface area contributed by atoms with Crippen molar-refractivity contribution in [3.8, 4) is 0 Å². The van der Waals surface area contributed by atoms with E-state index in [1.165, 1.54) is 12.1 Å². The molecule has 1 atom stereocenters. The molecule has 3 heteroatoms. The normalized spacial score (nSPS) is 15.2. The molecular weight excluding hydrogens is 208 g/mol. The largest absolute Gasteiger partial charge is 0.325 e. The van der Waals surface area contributed by atoms with Crippen molar-refractivity contribution in [3.05, 3.63) is 35.4 Å². The number of nitrogens with two attached hydrogens (primary N) is 1. The third kappa shape index (κ3) is 3.01. The second-order valence-electron chi connectivity index (χ2n) is 4.70. The molecule has 0 aliphatic heterocycles. The van der Waals surface area contributed by atoms with Gasteiger partial charge in [0.15, 0.2) is 0 Å². The van der Waals surface area contributed by atoms with E-state index in [1.807, 2.05) is 20.8 Å². The Hall–Kier alpha value is -0.960. The van der Waals surface area contributed by atoms with Crippen molar-refractivity contribution >= 4 is 0 Å². The highest BCUT2D eigenvalue weighted by molar-refractivity contribution is 5.20. The number of rotatable bonds is 4. The Kier molecular flexibility index (Phi) is 4.03. The molecule has 90 valence electrons. The van der Waals surface area contributed by atoms with Crippen molar-refractivity contribution in [2.75, 3.05) is 0 Å². The highest BCUT2D eigenvalue weighted by Gasteiger charge is 2.27. The summed E-state index contributed by atoms with van der Waals surface area (Å²) in [5.74, 6) is -0.821. The molecule has 0 aliphatic rings. The summed E-state index contributed by atoms with van der Waals surface area (Å²) in [6.45, 7) is 6.05. The van der Waals surface area contributed by atoms with Gasteiger partial charge in [0, 0.05) is 11.6 Å². The second kappa shape index (κ2) is 4.91. The molecule has 0 bridgehead atoms. The van der Waals surface area contributed by atoms with Crippen LogP contribution in [0, 0.1) is 17.6 Å². The van der Waals surface area contributed by atoms with Crippen LogP contribution in [0.1, 0.15) is 32.8 Å². The molecule has 0 spiro atoms. The van der Waals surface area contributed by atoms with Gasteiger partial charge in [0.2, 0.25) is 0 Å². The molecule has 0 aromatic heterocycles. The zero-order chi connectivity index (χ0) is 12.3. The van der Waals surface area contributed by atoms with E-state index < -0.39 is 17.2 Å². The predicted molar refractivity (Wildman–Crippen MR) is 62.1 cm³/mol. The lowest BCUT2D eigenvalue weighted by atomic mass is 9.80. The quantitative estimate of drug-likeness (QED) is 0.839. The summed E-state index contributed by atoms with van der Waals surface area (Å²) in [6.07, 6.45) is 1.28. The third-order valence-corrected chi connectivity index (χ3v) is 3.26. The van der Waals surface area contributed by atoms with E-state index in [9.17, 15) is 8.78 Å². The minimum Gasteiger partial charge on any atom is -0.325 e. The van der Waals surface area contributed by atoms with E-state index >= 15 is 0 Å². The van der Waals surface area contributed by atoms with Crippen LogP contribution in [-0.4, -0.2) is 5.54 Å². The second-order valence-corrected chi connectivity index (χ2v) is 4.70. The summed E-state index contributed by atoms with van der Waals surface area (Å²) in [7, 11) is 0. The lowest BCUT2D eigenvalue weighted by Gasteiger charge is -2.32. The van der Waals surface area contributed by atoms with Crippen LogP contribution in [-0.2, 0) is 6.42 Å². The molecule has 1 aromatic rings. The number of hydrogen-bond donors (Lipinski definition) is 1. The van der Waals surface area contributed by atoms with Gasteiger partial charge in [-0.05, 0) is 36.5 Å². The van der Waals surface area contributed by atoms with Crippen LogP contribution in [0.15, 0.2) is 18.2 Å². The molecule has 0 radical (unpaired) electrons. The molecule has 0 saturated carbocycles. The molecular formula is C13H19F2N. The average Bonchev–Trinajstić information content (AvgIpc) is 2.15. The van der Waals surface area contributed by atoms with E-state index in [-0.39, 0.29) is 5.92 Å². The van der Waals surface area contributed by atoms with Crippen LogP contribution in [0.25, 0.3) is 0 Å². The van der Waals surface area contributed by atoms with Gasteiger partial charge in [-0.2, -0.15) is 0 Å². The smallest absolute Gasteiger partial charge is 0.126 e. The standard InChI is InChI=1S/C13H19F2N/c1-4-13(16,9(2)3)8-10-5-11(14)7-12(15)6-10/h5-7,9H,4,8,16H2,1-3H3. The van der Waals surface area contributed by atoms with Crippen LogP contribution in [0.4, 0.5) is 8.78 Å². The van der Waals surface area contributed by atoms with Gasteiger partial charge in [-0.3, -0.25) is 0 Å². The van der Waals surface area contributed by atoms with Gasteiger partial charge in [-0.1, -0.05) is 20.8 Å². The van der Waals surface area contributed by atoms with E-state index in [0.29, 0.717) is 12.0 Å². The van der Waals surface area contributed by atoms with Crippen LogP contribution >= 0.6 is 0 Å². The fourth-order valence-corrected chi connectivity index (χ4v) is 1.83. The highest BCUT2D eigenvalue weighted by atomic mass is 19.1. The zero-order valence-corrected chi connectivity index (χ0v) is 10.1. The fraction of sp³-hybridized carbons (Fsp3) is 0.538. The van der Waals surface area contributed by atoms with Gasteiger partial charge in [-0.25, -0.2) is 8.78 Å². The summed E-state index contributed by atoms with van der Waals surface area (Å²) in [5, 5.41) is 0. The molecule has 0 saturated heterocycles. The van der Waals surface area contributed by atoms with Crippen LogP contribution < -0.4 is 5.73 Å². The summed E-state index contributed by atoms with van der Waals surface area (Å²) < 4.78 is 26.1. The first-order valence-electron chi connectivity index (χ1n) is 5.61. The topological polar surface area (TPSA) is 26.0 Å². The SMILES string of the molecule is CCC(N)(Cc1cc(F)cc(F)c1)C(C)C. The van der Waals surface area contributed by atoms with Gasteiger partial charge in [0.05, 0.1) is 0 Å². The number of hydrogen-bond acceptors (Lipinski definition) is 1. The zero-order valence-electron chi connectivity index (χ0n) is 10.1. The monoisotopic (exact) mass is 227 g/mol. The van der Waals surface area contributed by atoms with Crippen LogP contribution in [0.5, 0.6) is 0 Å². The van der Waals surface area contributed by atoms with E-state index in [1.54, 1.807) is 0 Å². The lowest BCUT2D eigenvalue weighted by Crippen LogP contribution is -2.46. The molecule has 1 nitrogen and oxygen atoms in total. The summed E-state index contributed by atoms with van der Waals surface area (Å²) in [5.41, 5.74) is 6.45. The Balaban J connectivity index is 2.94. The summed E-state index contributed by atoms with van der Waals surface area (Å²) >= 11 is 0. The minimum absolute atomic E-state index is 0.267. The molecule has 0 amide bonds. The first kappa shape index (κ1) is 13.1. The summed E-state index contributed by atoms with van der Waals surface area (Å²) in [4.78, 5) is 0. The molecule has 16 heavy (non-hydrogen) atoms. The molecule has 1 aromatic carbocycles. The first-order chi connectivity index (χ1) is 7.37. The molecule has 0 aliphatic carbocycles. The minimum atomic E-state index is -0.544. The highest BCUT2D eigenvalue weighted by Crippen LogP contribution is 2.24.